The van der Waals surface area contributed by atoms with E-state index in [4.69, 9.17) is 9.47 Å². The quantitative estimate of drug-likeness (QED) is 0.909. The van der Waals surface area contributed by atoms with Crippen LogP contribution in [0.2, 0.25) is 0 Å². The van der Waals surface area contributed by atoms with Crippen LogP contribution in [0.25, 0.3) is 0 Å². The van der Waals surface area contributed by atoms with Crippen molar-refractivity contribution in [1.82, 2.24) is 0 Å². The van der Waals surface area contributed by atoms with Gasteiger partial charge in [0, 0.05) is 52.1 Å². The Balaban J connectivity index is 1.48. The fourth-order valence-electron chi connectivity index (χ4n) is 3.29. The highest BCUT2D eigenvalue weighted by atomic mass is 32.2. The van der Waals surface area contributed by atoms with E-state index in [9.17, 15) is 9.00 Å². The number of carbonyl (C=O) groups is 1. The number of ether oxygens (including phenoxy) is 2. The molecule has 0 bridgehead atoms. The van der Waals surface area contributed by atoms with Crippen LogP contribution in [0, 0.1) is 0 Å². The number of rotatable bonds is 3. The molecular weight excluding hydrogens is 338 g/mol. The van der Waals surface area contributed by atoms with Crippen LogP contribution in [0.3, 0.4) is 0 Å². The predicted molar refractivity (Wildman–Crippen MR) is 95.6 cm³/mol. The maximum atomic E-state index is 12.4. The molecular formula is C19H19NO4S. The van der Waals surface area contributed by atoms with Crippen molar-refractivity contribution in [1.29, 1.82) is 0 Å². The smallest absolute Gasteiger partial charge is 0.255 e. The molecule has 1 aliphatic carbocycles. The zero-order valence-corrected chi connectivity index (χ0v) is 14.7. The van der Waals surface area contributed by atoms with Gasteiger partial charge in [-0.05, 0) is 49.2 Å². The van der Waals surface area contributed by atoms with Gasteiger partial charge in [0.25, 0.3) is 11.7 Å². The highest BCUT2D eigenvalue weighted by Gasteiger charge is 2.44. The minimum absolute atomic E-state index is 0.220. The fraction of sp³-hybridized carbons (Fsp3) is 0.316. The molecule has 1 heterocycles. The van der Waals surface area contributed by atoms with E-state index in [1.807, 2.05) is 12.1 Å². The first kappa shape index (κ1) is 16.1. The van der Waals surface area contributed by atoms with Crippen molar-refractivity contribution in [3.63, 3.8) is 0 Å². The Morgan fingerprint density at radius 3 is 2.40 bits per heavy atom. The first-order chi connectivity index (χ1) is 12.0. The third kappa shape index (κ3) is 3.14. The standard InChI is InChI=1S/C19H19NO4S/c1-25(22)15-7-4-13(5-8-15)18(21)20-14-6-9-16-17(12-14)24-19(23-16)10-2-3-11-19/h4-9,12H,2-3,10-11H2,1H3,(H,20,21)/t25-/m1/s1. The summed E-state index contributed by atoms with van der Waals surface area (Å²) in [4.78, 5) is 13.1. The van der Waals surface area contributed by atoms with E-state index in [2.05, 4.69) is 5.32 Å². The number of amides is 1. The van der Waals surface area contributed by atoms with Crippen molar-refractivity contribution >= 4 is 22.4 Å². The van der Waals surface area contributed by atoms with Gasteiger partial charge in [-0.2, -0.15) is 0 Å². The normalized spacial score (nSPS) is 18.3. The first-order valence-corrected chi connectivity index (χ1v) is 9.87. The molecule has 6 heteroatoms. The minimum Gasteiger partial charge on any atom is -0.448 e. The fourth-order valence-corrected chi connectivity index (χ4v) is 3.81. The Morgan fingerprint density at radius 2 is 1.72 bits per heavy atom. The maximum Gasteiger partial charge on any atom is 0.255 e. The zero-order valence-electron chi connectivity index (χ0n) is 13.9. The van der Waals surface area contributed by atoms with Gasteiger partial charge in [0.2, 0.25) is 0 Å². The molecule has 1 amide bonds. The molecule has 130 valence electrons. The summed E-state index contributed by atoms with van der Waals surface area (Å²) in [6, 6.07) is 12.2. The largest absolute Gasteiger partial charge is 0.448 e. The van der Waals surface area contributed by atoms with Crippen LogP contribution in [-0.4, -0.2) is 22.2 Å². The van der Waals surface area contributed by atoms with Crippen LogP contribution in [0.15, 0.2) is 47.4 Å². The van der Waals surface area contributed by atoms with Crippen LogP contribution in [-0.2, 0) is 10.8 Å². The number of carbonyl (C=O) groups excluding carboxylic acids is 1. The molecule has 1 N–H and O–H groups in total. The van der Waals surface area contributed by atoms with Crippen molar-refractivity contribution in [3.05, 3.63) is 48.0 Å². The lowest BCUT2D eigenvalue weighted by molar-refractivity contribution is -0.0716. The number of benzene rings is 2. The molecule has 4 rings (SSSR count). The molecule has 1 aliphatic heterocycles. The van der Waals surface area contributed by atoms with Gasteiger partial charge in [-0.3, -0.25) is 9.00 Å². The average Bonchev–Trinajstić information content (AvgIpc) is 3.20. The maximum absolute atomic E-state index is 12.4. The minimum atomic E-state index is -1.05. The molecule has 2 aromatic rings. The molecule has 0 unspecified atom stereocenters. The predicted octanol–water partition coefficient (Wildman–Crippen LogP) is 3.72. The summed E-state index contributed by atoms with van der Waals surface area (Å²) in [7, 11) is -1.05. The molecule has 1 fully saturated rings. The monoisotopic (exact) mass is 357 g/mol. The van der Waals surface area contributed by atoms with Crippen molar-refractivity contribution in [2.45, 2.75) is 36.4 Å². The summed E-state index contributed by atoms with van der Waals surface area (Å²) >= 11 is 0. The third-order valence-electron chi connectivity index (χ3n) is 4.61. The molecule has 2 aliphatic rings. The molecule has 25 heavy (non-hydrogen) atoms. The molecule has 0 aromatic heterocycles. The van der Waals surface area contributed by atoms with E-state index in [0.717, 1.165) is 31.4 Å². The Morgan fingerprint density at radius 1 is 1.04 bits per heavy atom. The van der Waals surface area contributed by atoms with Gasteiger partial charge in [-0.1, -0.05) is 0 Å². The average molecular weight is 357 g/mol. The number of nitrogens with one attached hydrogen (secondary N) is 1. The van der Waals surface area contributed by atoms with Gasteiger partial charge in [0.05, 0.1) is 0 Å². The van der Waals surface area contributed by atoms with E-state index in [1.54, 1.807) is 36.6 Å². The van der Waals surface area contributed by atoms with Crippen LogP contribution < -0.4 is 14.8 Å². The molecule has 1 spiro atoms. The summed E-state index contributed by atoms with van der Waals surface area (Å²) in [6.07, 6.45) is 5.62. The highest BCUT2D eigenvalue weighted by Crippen LogP contribution is 2.47. The van der Waals surface area contributed by atoms with E-state index >= 15 is 0 Å². The number of anilines is 1. The van der Waals surface area contributed by atoms with Gasteiger partial charge in [0.1, 0.15) is 0 Å². The second-order valence-corrected chi connectivity index (χ2v) is 7.80. The topological polar surface area (TPSA) is 64.6 Å². The summed E-state index contributed by atoms with van der Waals surface area (Å²) in [5.74, 6) is 0.685. The molecule has 0 radical (unpaired) electrons. The van der Waals surface area contributed by atoms with Crippen LogP contribution in [0.1, 0.15) is 36.0 Å². The van der Waals surface area contributed by atoms with Crippen molar-refractivity contribution in [2.24, 2.45) is 0 Å². The van der Waals surface area contributed by atoms with E-state index in [1.165, 1.54) is 0 Å². The molecule has 5 nitrogen and oxygen atoms in total. The molecule has 0 saturated heterocycles. The molecule has 2 aromatic carbocycles. The summed E-state index contributed by atoms with van der Waals surface area (Å²) in [5.41, 5.74) is 1.17. The third-order valence-corrected chi connectivity index (χ3v) is 5.54. The van der Waals surface area contributed by atoms with Crippen molar-refractivity contribution < 1.29 is 18.5 Å². The Bertz CT molecular complexity index is 841. The lowest BCUT2D eigenvalue weighted by atomic mass is 10.2. The first-order valence-electron chi connectivity index (χ1n) is 8.32. The van der Waals surface area contributed by atoms with E-state index in [-0.39, 0.29) is 5.91 Å². The van der Waals surface area contributed by atoms with Crippen LogP contribution in [0.4, 0.5) is 5.69 Å². The van der Waals surface area contributed by atoms with Crippen molar-refractivity contribution in [3.8, 4) is 11.5 Å². The van der Waals surface area contributed by atoms with Crippen LogP contribution >= 0.6 is 0 Å². The SMILES string of the molecule is C[S@@](=O)c1ccc(C(=O)Nc2ccc3c(c2)OC2(CCCC2)O3)cc1. The number of fused-ring (bicyclic) bond motifs is 1. The van der Waals surface area contributed by atoms with E-state index < -0.39 is 16.6 Å². The Kier molecular flexibility index (Phi) is 4.00. The number of hydrogen-bond donors (Lipinski definition) is 1. The summed E-state index contributed by atoms with van der Waals surface area (Å²) in [5, 5.41) is 2.87. The Labute approximate surface area is 148 Å². The van der Waals surface area contributed by atoms with Gasteiger partial charge in [-0.25, -0.2) is 0 Å². The zero-order chi connectivity index (χ0) is 17.4. The highest BCUT2D eigenvalue weighted by molar-refractivity contribution is 7.84. The van der Waals surface area contributed by atoms with Crippen LogP contribution in [0.5, 0.6) is 11.5 Å². The number of hydrogen-bond acceptors (Lipinski definition) is 4. The summed E-state index contributed by atoms with van der Waals surface area (Å²) in [6.45, 7) is 0. The van der Waals surface area contributed by atoms with Gasteiger partial charge in [-0.15, -0.1) is 0 Å². The second kappa shape index (κ2) is 6.19. The van der Waals surface area contributed by atoms with Gasteiger partial charge in [0.15, 0.2) is 11.5 Å². The van der Waals surface area contributed by atoms with Gasteiger partial charge < -0.3 is 14.8 Å². The second-order valence-electron chi connectivity index (χ2n) is 6.42. The summed E-state index contributed by atoms with van der Waals surface area (Å²) < 4.78 is 23.4. The Hall–Kier alpha value is -2.34. The lowest BCUT2D eigenvalue weighted by Gasteiger charge is -2.21. The van der Waals surface area contributed by atoms with Crippen molar-refractivity contribution in [2.75, 3.05) is 11.6 Å². The lowest BCUT2D eigenvalue weighted by Crippen LogP contribution is -2.34. The van der Waals surface area contributed by atoms with Gasteiger partial charge >= 0.3 is 0 Å². The van der Waals surface area contributed by atoms with E-state index in [0.29, 0.717) is 21.9 Å². The molecule has 1 saturated carbocycles. The molecule has 1 atom stereocenters.